The molecule has 3 saturated carbocycles. The van der Waals surface area contributed by atoms with Crippen LogP contribution in [0.5, 0.6) is 0 Å². The number of Topliss-reactive ketones (excluding diaryl/α,β-unsaturated/α-hetero) is 1. The van der Waals surface area contributed by atoms with Crippen LogP contribution in [0.3, 0.4) is 0 Å². The van der Waals surface area contributed by atoms with Crippen molar-refractivity contribution in [3.63, 3.8) is 0 Å². The van der Waals surface area contributed by atoms with Crippen LogP contribution in [0.2, 0.25) is 0 Å². The van der Waals surface area contributed by atoms with Gasteiger partial charge in [0, 0.05) is 5.41 Å². The van der Waals surface area contributed by atoms with Crippen molar-refractivity contribution in [1.29, 1.82) is 0 Å². The van der Waals surface area contributed by atoms with Crippen molar-refractivity contribution >= 4 is 5.78 Å². The fourth-order valence-corrected chi connectivity index (χ4v) is 7.73. The number of fused-ring (bicyclic) bond motifs is 5. The number of hydrogen-bond acceptors (Lipinski definition) is 3. The molecule has 8 atom stereocenters. The molecule has 0 aromatic carbocycles. The number of rotatable bonds is 1. The zero-order chi connectivity index (χ0) is 18.2. The molecule has 0 aromatic heterocycles. The van der Waals surface area contributed by atoms with Crippen molar-refractivity contribution in [2.45, 2.75) is 84.3 Å². The highest BCUT2D eigenvalue weighted by Crippen LogP contribution is 2.68. The quantitative estimate of drug-likeness (QED) is 0.709. The van der Waals surface area contributed by atoms with E-state index in [1.165, 1.54) is 5.57 Å². The van der Waals surface area contributed by atoms with Crippen molar-refractivity contribution in [3.8, 4) is 0 Å². The Hall–Kier alpha value is -0.670. The van der Waals surface area contributed by atoms with Gasteiger partial charge in [-0.1, -0.05) is 32.4 Å². The predicted molar refractivity (Wildman–Crippen MR) is 97.9 cm³/mol. The normalized spacial score (nSPS) is 55.0. The zero-order valence-corrected chi connectivity index (χ0v) is 16.2. The molecule has 0 radical (unpaired) electrons. The molecule has 0 saturated heterocycles. The van der Waals surface area contributed by atoms with Gasteiger partial charge in [-0.05, 0) is 81.0 Å². The summed E-state index contributed by atoms with van der Waals surface area (Å²) >= 11 is 0. The van der Waals surface area contributed by atoms with Crippen LogP contribution in [0.1, 0.15) is 72.6 Å². The Labute approximate surface area is 151 Å². The summed E-state index contributed by atoms with van der Waals surface area (Å²) in [6, 6.07) is 0. The molecule has 0 aliphatic heterocycles. The molecule has 4 aliphatic rings. The third kappa shape index (κ3) is 2.09. The second kappa shape index (κ2) is 5.42. The van der Waals surface area contributed by atoms with E-state index in [2.05, 4.69) is 26.8 Å². The van der Waals surface area contributed by atoms with Gasteiger partial charge >= 0.3 is 0 Å². The molecule has 25 heavy (non-hydrogen) atoms. The Morgan fingerprint density at radius 1 is 1.20 bits per heavy atom. The minimum Gasteiger partial charge on any atom is -0.393 e. The lowest BCUT2D eigenvalue weighted by molar-refractivity contribution is -0.165. The molecule has 3 nitrogen and oxygen atoms in total. The maximum Gasteiger partial charge on any atom is 0.162 e. The molecule has 4 rings (SSSR count). The first kappa shape index (κ1) is 17.7. The summed E-state index contributed by atoms with van der Waals surface area (Å²) in [6.45, 7) is 8.26. The van der Waals surface area contributed by atoms with Gasteiger partial charge in [-0.3, -0.25) is 4.79 Å². The summed E-state index contributed by atoms with van der Waals surface area (Å²) in [7, 11) is 0. The summed E-state index contributed by atoms with van der Waals surface area (Å²) in [5.74, 6) is 1.64. The van der Waals surface area contributed by atoms with Gasteiger partial charge in [0.15, 0.2) is 5.78 Å². The molecule has 0 bridgehead atoms. The first-order valence-corrected chi connectivity index (χ1v) is 10.3. The molecule has 3 heteroatoms. The van der Waals surface area contributed by atoms with E-state index in [4.69, 9.17) is 0 Å². The van der Waals surface area contributed by atoms with Crippen molar-refractivity contribution in [2.24, 2.45) is 34.5 Å². The summed E-state index contributed by atoms with van der Waals surface area (Å²) < 4.78 is 0. The highest BCUT2D eigenvalue weighted by molar-refractivity contribution is 5.86. The lowest BCUT2D eigenvalue weighted by atomic mass is 9.46. The highest BCUT2D eigenvalue weighted by Gasteiger charge is 2.67. The largest absolute Gasteiger partial charge is 0.393 e. The number of hydrogen-bond donors (Lipinski definition) is 2. The second-order valence-corrected chi connectivity index (χ2v) is 10.1. The Morgan fingerprint density at radius 3 is 2.60 bits per heavy atom. The van der Waals surface area contributed by atoms with E-state index in [0.29, 0.717) is 17.8 Å². The molecule has 0 amide bonds. The molecular formula is C22H34O3. The summed E-state index contributed by atoms with van der Waals surface area (Å²) in [4.78, 5) is 12.4. The van der Waals surface area contributed by atoms with Crippen LogP contribution in [-0.4, -0.2) is 27.7 Å². The Morgan fingerprint density at radius 2 is 1.92 bits per heavy atom. The molecule has 2 N–H and O–H groups in total. The van der Waals surface area contributed by atoms with Gasteiger partial charge in [0.05, 0.1) is 6.10 Å². The lowest BCUT2D eigenvalue weighted by Gasteiger charge is -2.58. The lowest BCUT2D eigenvalue weighted by Crippen LogP contribution is -2.58. The summed E-state index contributed by atoms with van der Waals surface area (Å²) in [6.07, 6.45) is 9.15. The first-order valence-electron chi connectivity index (χ1n) is 10.3. The third-order valence-electron chi connectivity index (χ3n) is 9.20. The third-order valence-corrected chi connectivity index (χ3v) is 9.20. The number of ketones is 1. The van der Waals surface area contributed by atoms with Crippen LogP contribution in [0.4, 0.5) is 0 Å². The fraction of sp³-hybridized carbons (Fsp3) is 0.864. The van der Waals surface area contributed by atoms with E-state index >= 15 is 0 Å². The highest BCUT2D eigenvalue weighted by atomic mass is 16.3. The number of carbonyl (C=O) groups is 1. The number of aliphatic hydroxyl groups excluding tert-OH is 1. The van der Waals surface area contributed by atoms with Gasteiger partial charge in [0.1, 0.15) is 5.60 Å². The van der Waals surface area contributed by atoms with Crippen LogP contribution in [-0.2, 0) is 4.79 Å². The van der Waals surface area contributed by atoms with Crippen LogP contribution in [0, 0.1) is 34.5 Å². The number of carbonyl (C=O) groups excluding carboxylic acids is 1. The fourth-order valence-electron chi connectivity index (χ4n) is 7.73. The van der Waals surface area contributed by atoms with Crippen LogP contribution in [0.15, 0.2) is 11.6 Å². The predicted octanol–water partition coefficient (Wildman–Crippen LogP) is 3.88. The van der Waals surface area contributed by atoms with Crippen molar-refractivity contribution in [1.82, 2.24) is 0 Å². The van der Waals surface area contributed by atoms with E-state index in [1.807, 2.05) is 0 Å². The minimum absolute atomic E-state index is 0.0394. The topological polar surface area (TPSA) is 57.5 Å². The standard InChI is InChI=1S/C22H34O3/c1-13-11-19-17-6-5-15-12-16(24)7-9-20(15,3)18(17)8-10-21(19,4)22(13,25)14(2)23/h5,13,16-19,24-25H,6-12H2,1-4H3/t13-,16?,17?,18?,19?,20+,21+,22+/m1/s1. The SMILES string of the molecule is CC(=O)[C@@]1(O)[C@H](C)CC2C3CC=C4CC(O)CC[C@]4(C)C3CC[C@@]21C. The van der Waals surface area contributed by atoms with Gasteiger partial charge in [-0.25, -0.2) is 0 Å². The number of aliphatic hydroxyl groups is 2. The Bertz CT molecular complexity index is 625. The van der Waals surface area contributed by atoms with Crippen LogP contribution < -0.4 is 0 Å². The van der Waals surface area contributed by atoms with E-state index in [1.54, 1.807) is 6.92 Å². The van der Waals surface area contributed by atoms with E-state index < -0.39 is 5.60 Å². The minimum atomic E-state index is -1.16. The zero-order valence-electron chi connectivity index (χ0n) is 16.2. The Kier molecular flexibility index (Phi) is 3.84. The van der Waals surface area contributed by atoms with E-state index in [9.17, 15) is 15.0 Å². The Balaban J connectivity index is 1.72. The van der Waals surface area contributed by atoms with E-state index in [0.717, 1.165) is 44.9 Å². The smallest absolute Gasteiger partial charge is 0.162 e. The molecule has 4 aliphatic carbocycles. The molecule has 3 fully saturated rings. The first-order chi connectivity index (χ1) is 11.6. The van der Waals surface area contributed by atoms with Crippen LogP contribution >= 0.6 is 0 Å². The van der Waals surface area contributed by atoms with Gasteiger partial charge < -0.3 is 10.2 Å². The van der Waals surface area contributed by atoms with Gasteiger partial charge in [-0.2, -0.15) is 0 Å². The van der Waals surface area contributed by atoms with Gasteiger partial charge in [0.2, 0.25) is 0 Å². The molecule has 140 valence electrons. The monoisotopic (exact) mass is 346 g/mol. The molecular weight excluding hydrogens is 312 g/mol. The molecule has 0 heterocycles. The van der Waals surface area contributed by atoms with Crippen molar-refractivity contribution in [3.05, 3.63) is 11.6 Å². The van der Waals surface area contributed by atoms with E-state index in [-0.39, 0.29) is 28.6 Å². The van der Waals surface area contributed by atoms with Crippen molar-refractivity contribution in [2.75, 3.05) is 0 Å². The average molecular weight is 347 g/mol. The molecule has 0 aromatic rings. The molecule has 0 spiro atoms. The maximum atomic E-state index is 12.4. The number of allylic oxidation sites excluding steroid dienone is 1. The van der Waals surface area contributed by atoms with Gasteiger partial charge in [0.25, 0.3) is 0 Å². The van der Waals surface area contributed by atoms with Gasteiger partial charge in [-0.15, -0.1) is 0 Å². The average Bonchev–Trinajstić information content (AvgIpc) is 2.77. The van der Waals surface area contributed by atoms with Crippen LogP contribution in [0.25, 0.3) is 0 Å². The maximum absolute atomic E-state index is 12.4. The molecule has 4 unspecified atom stereocenters. The summed E-state index contributed by atoms with van der Waals surface area (Å²) in [5.41, 5.74) is 0.249. The second-order valence-electron chi connectivity index (χ2n) is 10.1. The van der Waals surface area contributed by atoms with Crippen molar-refractivity contribution < 1.29 is 15.0 Å². The summed E-state index contributed by atoms with van der Waals surface area (Å²) in [5, 5.41) is 21.5.